The summed E-state index contributed by atoms with van der Waals surface area (Å²) in [6.45, 7) is 0. The van der Waals surface area contributed by atoms with Crippen molar-refractivity contribution in [1.29, 1.82) is 5.26 Å². The van der Waals surface area contributed by atoms with Crippen molar-refractivity contribution in [3.63, 3.8) is 0 Å². The molecule has 2 N–H and O–H groups in total. The summed E-state index contributed by atoms with van der Waals surface area (Å²) in [6.07, 6.45) is 8.23. The van der Waals surface area contributed by atoms with Gasteiger partial charge >= 0.3 is 0 Å². The number of amides is 1. The van der Waals surface area contributed by atoms with Crippen LogP contribution in [0, 0.1) is 11.3 Å². The first-order chi connectivity index (χ1) is 8.76. The Morgan fingerprint density at radius 2 is 2.00 bits per heavy atom. The Kier molecular flexibility index (Phi) is 3.92. The Balaban J connectivity index is 2.07. The summed E-state index contributed by atoms with van der Waals surface area (Å²) in [4.78, 5) is 12.0. The zero-order valence-electron chi connectivity index (χ0n) is 10.3. The smallest absolute Gasteiger partial charge is 0.274 e. The standard InChI is InChI=1S/C12H17N5O/c13-9-12(6-4-2-1-3-5-7-12)15-11(18)10-8-14-17-16-10/h8H,1-7H2,(H,15,18)(H,14,16,17). The molecule has 0 atom stereocenters. The highest BCUT2D eigenvalue weighted by Crippen LogP contribution is 2.26. The Hall–Kier alpha value is -1.90. The molecule has 6 nitrogen and oxygen atoms in total. The molecule has 0 saturated heterocycles. The highest BCUT2D eigenvalue weighted by Gasteiger charge is 2.32. The van der Waals surface area contributed by atoms with Crippen LogP contribution in [0.25, 0.3) is 0 Å². The lowest BCUT2D eigenvalue weighted by Gasteiger charge is -2.29. The summed E-state index contributed by atoms with van der Waals surface area (Å²) in [6, 6.07) is 2.29. The van der Waals surface area contributed by atoms with Crippen LogP contribution in [0.4, 0.5) is 0 Å². The molecule has 0 bridgehead atoms. The van der Waals surface area contributed by atoms with Gasteiger partial charge in [-0.2, -0.15) is 20.7 Å². The molecular formula is C12H17N5O. The van der Waals surface area contributed by atoms with Crippen molar-refractivity contribution in [2.75, 3.05) is 0 Å². The maximum atomic E-state index is 12.0. The molecule has 1 fully saturated rings. The quantitative estimate of drug-likeness (QED) is 0.828. The van der Waals surface area contributed by atoms with E-state index in [2.05, 4.69) is 26.8 Å². The van der Waals surface area contributed by atoms with Crippen molar-refractivity contribution < 1.29 is 4.79 Å². The zero-order chi connectivity index (χ0) is 12.8. The number of carbonyl (C=O) groups is 1. The fourth-order valence-electron chi connectivity index (χ4n) is 2.37. The fraction of sp³-hybridized carbons (Fsp3) is 0.667. The first-order valence-corrected chi connectivity index (χ1v) is 6.35. The van der Waals surface area contributed by atoms with Gasteiger partial charge in [0.25, 0.3) is 5.91 Å². The summed E-state index contributed by atoms with van der Waals surface area (Å²) in [7, 11) is 0. The molecule has 0 aromatic carbocycles. The second-order valence-electron chi connectivity index (χ2n) is 4.77. The molecule has 0 spiro atoms. The largest absolute Gasteiger partial charge is 0.332 e. The molecule has 1 heterocycles. The average molecular weight is 247 g/mol. The third-order valence-corrected chi connectivity index (χ3v) is 3.42. The van der Waals surface area contributed by atoms with Crippen molar-refractivity contribution in [2.24, 2.45) is 0 Å². The number of hydrogen-bond donors (Lipinski definition) is 2. The van der Waals surface area contributed by atoms with Gasteiger partial charge in [-0.15, -0.1) is 0 Å². The number of H-pyrrole nitrogens is 1. The van der Waals surface area contributed by atoms with Crippen molar-refractivity contribution >= 4 is 5.91 Å². The normalized spacial score (nSPS) is 19.3. The van der Waals surface area contributed by atoms with Crippen molar-refractivity contribution in [3.05, 3.63) is 11.9 Å². The molecule has 1 aliphatic carbocycles. The van der Waals surface area contributed by atoms with Gasteiger partial charge in [-0.1, -0.05) is 32.1 Å². The van der Waals surface area contributed by atoms with Gasteiger partial charge in [0.2, 0.25) is 0 Å². The number of aromatic nitrogens is 3. The minimum Gasteiger partial charge on any atom is -0.332 e. The highest BCUT2D eigenvalue weighted by molar-refractivity contribution is 5.92. The number of nitrogens with one attached hydrogen (secondary N) is 2. The number of rotatable bonds is 2. The van der Waals surface area contributed by atoms with Crippen LogP contribution in [0.1, 0.15) is 55.4 Å². The third-order valence-electron chi connectivity index (χ3n) is 3.42. The summed E-state index contributed by atoms with van der Waals surface area (Å²) >= 11 is 0. The predicted molar refractivity (Wildman–Crippen MR) is 64.5 cm³/mol. The van der Waals surface area contributed by atoms with Crippen molar-refractivity contribution in [2.45, 2.75) is 50.5 Å². The maximum Gasteiger partial charge on any atom is 0.274 e. The lowest BCUT2D eigenvalue weighted by atomic mass is 9.85. The van der Waals surface area contributed by atoms with E-state index in [0.717, 1.165) is 25.7 Å². The van der Waals surface area contributed by atoms with E-state index in [9.17, 15) is 10.1 Å². The van der Waals surface area contributed by atoms with Crippen LogP contribution in [0.3, 0.4) is 0 Å². The van der Waals surface area contributed by atoms with E-state index >= 15 is 0 Å². The molecular weight excluding hydrogens is 230 g/mol. The average Bonchev–Trinajstić information content (AvgIpc) is 2.86. The number of nitrogens with zero attached hydrogens (tertiary/aromatic N) is 3. The lowest BCUT2D eigenvalue weighted by molar-refractivity contribution is 0.0902. The molecule has 6 heteroatoms. The zero-order valence-corrected chi connectivity index (χ0v) is 10.3. The molecule has 0 aliphatic heterocycles. The molecule has 2 rings (SSSR count). The maximum absolute atomic E-state index is 12.0. The van der Waals surface area contributed by atoms with E-state index in [1.54, 1.807) is 0 Å². The van der Waals surface area contributed by atoms with Crippen LogP contribution in [-0.4, -0.2) is 26.9 Å². The number of carbonyl (C=O) groups excluding carboxylic acids is 1. The van der Waals surface area contributed by atoms with Crippen LogP contribution < -0.4 is 5.32 Å². The minimum atomic E-state index is -0.740. The fourth-order valence-corrected chi connectivity index (χ4v) is 2.37. The molecule has 0 unspecified atom stereocenters. The van der Waals surface area contributed by atoms with Crippen molar-refractivity contribution in [3.8, 4) is 6.07 Å². The summed E-state index contributed by atoms with van der Waals surface area (Å²) < 4.78 is 0. The van der Waals surface area contributed by atoms with E-state index in [4.69, 9.17) is 0 Å². The van der Waals surface area contributed by atoms with Crippen LogP contribution in [0.5, 0.6) is 0 Å². The Morgan fingerprint density at radius 3 is 2.56 bits per heavy atom. The van der Waals surface area contributed by atoms with E-state index in [-0.39, 0.29) is 11.6 Å². The summed E-state index contributed by atoms with van der Waals surface area (Å²) in [5.74, 6) is -0.328. The van der Waals surface area contributed by atoms with Crippen LogP contribution in [-0.2, 0) is 0 Å². The third kappa shape index (κ3) is 2.86. The van der Waals surface area contributed by atoms with Gasteiger partial charge in [-0.3, -0.25) is 4.79 Å². The monoisotopic (exact) mass is 247 g/mol. The molecule has 1 aromatic heterocycles. The van der Waals surface area contributed by atoms with Gasteiger partial charge < -0.3 is 5.32 Å². The first kappa shape index (κ1) is 12.6. The highest BCUT2D eigenvalue weighted by atomic mass is 16.2. The predicted octanol–water partition coefficient (Wildman–Crippen LogP) is 1.54. The molecule has 1 aromatic rings. The topological polar surface area (TPSA) is 94.5 Å². The molecule has 1 saturated carbocycles. The number of nitriles is 1. The lowest BCUT2D eigenvalue weighted by Crippen LogP contribution is -2.47. The minimum absolute atomic E-state index is 0.228. The molecule has 0 radical (unpaired) electrons. The second-order valence-corrected chi connectivity index (χ2v) is 4.77. The summed E-state index contributed by atoms with van der Waals surface area (Å²) in [5, 5.41) is 22.0. The Morgan fingerprint density at radius 1 is 1.33 bits per heavy atom. The van der Waals surface area contributed by atoms with Gasteiger partial charge in [-0.05, 0) is 12.8 Å². The molecule has 1 aliphatic rings. The van der Waals surface area contributed by atoms with Crippen LogP contribution in [0.2, 0.25) is 0 Å². The van der Waals surface area contributed by atoms with E-state index in [1.165, 1.54) is 12.6 Å². The Bertz CT molecular complexity index is 426. The summed E-state index contributed by atoms with van der Waals surface area (Å²) in [5.41, 5.74) is -0.511. The van der Waals surface area contributed by atoms with Gasteiger partial charge in [0.15, 0.2) is 5.69 Å². The van der Waals surface area contributed by atoms with Crippen molar-refractivity contribution in [1.82, 2.24) is 20.7 Å². The van der Waals surface area contributed by atoms with Gasteiger partial charge in [0.1, 0.15) is 5.54 Å². The Labute approximate surface area is 106 Å². The SMILES string of the molecule is N#CC1(NC(=O)c2cn[nH]n2)CCCCCCC1. The van der Waals surface area contributed by atoms with E-state index in [1.807, 2.05) is 0 Å². The van der Waals surface area contributed by atoms with E-state index in [0.29, 0.717) is 12.8 Å². The number of aromatic amines is 1. The van der Waals surface area contributed by atoms with Gasteiger partial charge in [-0.25, -0.2) is 0 Å². The molecule has 1 amide bonds. The van der Waals surface area contributed by atoms with Crippen LogP contribution in [0.15, 0.2) is 6.20 Å². The first-order valence-electron chi connectivity index (χ1n) is 6.35. The number of hydrogen-bond acceptors (Lipinski definition) is 4. The van der Waals surface area contributed by atoms with Gasteiger partial charge in [0.05, 0.1) is 12.3 Å². The second kappa shape index (κ2) is 5.63. The van der Waals surface area contributed by atoms with E-state index < -0.39 is 5.54 Å². The van der Waals surface area contributed by atoms with Crippen LogP contribution >= 0.6 is 0 Å². The molecule has 18 heavy (non-hydrogen) atoms. The van der Waals surface area contributed by atoms with Gasteiger partial charge in [0, 0.05) is 0 Å². The molecule has 96 valence electrons.